The van der Waals surface area contributed by atoms with Crippen molar-refractivity contribution in [1.82, 2.24) is 0 Å². The fraction of sp³-hybridized carbons (Fsp3) is 0.211. The largest absolute Gasteiger partial charge is 0.497 e. The summed E-state index contributed by atoms with van der Waals surface area (Å²) in [5, 5.41) is 1.41. The Morgan fingerprint density at radius 2 is 1.89 bits per heavy atom. The molecule has 1 aliphatic rings. The number of methoxy groups -OCH3 is 2. The molecule has 2 aromatic carbocycles. The Balaban J connectivity index is 2.13. The summed E-state index contributed by atoms with van der Waals surface area (Å²) in [7, 11) is -0.389. The number of amides is 1. The Labute approximate surface area is 162 Å². The lowest BCUT2D eigenvalue weighted by Gasteiger charge is -2.29. The molecule has 27 heavy (non-hydrogen) atoms. The average Bonchev–Trinajstić information content (AvgIpc) is 3.01. The minimum atomic E-state index is -3.38. The molecule has 6 nitrogen and oxygen atoms in total. The van der Waals surface area contributed by atoms with Gasteiger partial charge >= 0.3 is 0 Å². The Bertz CT molecular complexity index is 1000. The van der Waals surface area contributed by atoms with Crippen LogP contribution in [0.4, 0.5) is 5.69 Å². The van der Waals surface area contributed by atoms with E-state index < -0.39 is 21.8 Å². The number of benzene rings is 2. The first-order chi connectivity index (χ1) is 12.9. The monoisotopic (exact) mass is 407 g/mol. The number of carbonyl (C=O) groups excluding carboxylic acids is 1. The molecule has 0 fully saturated rings. The summed E-state index contributed by atoms with van der Waals surface area (Å²) < 4.78 is 34.5. The average molecular weight is 408 g/mol. The van der Waals surface area contributed by atoms with Gasteiger partial charge in [-0.1, -0.05) is 23.7 Å². The van der Waals surface area contributed by atoms with E-state index in [9.17, 15) is 13.2 Å². The van der Waals surface area contributed by atoms with E-state index in [-0.39, 0.29) is 16.3 Å². The number of nitrogens with zero attached hydrogens (tertiary/aromatic N) is 1. The van der Waals surface area contributed by atoms with Crippen LogP contribution in [0.2, 0.25) is 5.02 Å². The molecular formula is C19H18ClNO5S. The molecule has 0 radical (unpaired) electrons. The highest BCUT2D eigenvalue weighted by Crippen LogP contribution is 2.36. The number of halogens is 1. The van der Waals surface area contributed by atoms with Crippen LogP contribution in [0, 0.1) is 0 Å². The molecule has 1 aliphatic heterocycles. The van der Waals surface area contributed by atoms with Crippen LogP contribution < -0.4 is 14.4 Å². The van der Waals surface area contributed by atoms with Gasteiger partial charge in [0.2, 0.25) is 0 Å². The van der Waals surface area contributed by atoms with Gasteiger partial charge in [-0.15, -0.1) is 0 Å². The summed E-state index contributed by atoms with van der Waals surface area (Å²) in [4.78, 5) is 14.7. The van der Waals surface area contributed by atoms with Crippen LogP contribution in [-0.4, -0.2) is 40.3 Å². The van der Waals surface area contributed by atoms with Crippen molar-refractivity contribution < 1.29 is 22.7 Å². The van der Waals surface area contributed by atoms with E-state index in [0.717, 1.165) is 5.41 Å². The fourth-order valence-electron chi connectivity index (χ4n) is 2.91. The zero-order chi connectivity index (χ0) is 19.6. The Morgan fingerprint density at radius 3 is 2.48 bits per heavy atom. The second kappa shape index (κ2) is 7.62. The van der Waals surface area contributed by atoms with Crippen molar-refractivity contribution in [2.24, 2.45) is 0 Å². The number of rotatable bonds is 5. The number of carbonyl (C=O) groups is 1. The lowest BCUT2D eigenvalue weighted by molar-refractivity contribution is 0.0982. The predicted octanol–water partition coefficient (Wildman–Crippen LogP) is 3.31. The van der Waals surface area contributed by atoms with Crippen LogP contribution >= 0.6 is 11.6 Å². The SMILES string of the molecule is COc1ccc(N(C(=O)c2ccccc2Cl)[C@H]2C=CS(=O)(=O)C2)c(OC)c1. The first kappa shape index (κ1) is 19.3. The molecule has 0 aliphatic carbocycles. The quantitative estimate of drug-likeness (QED) is 0.760. The molecule has 2 aromatic rings. The molecule has 0 saturated carbocycles. The van der Waals surface area contributed by atoms with Crippen molar-refractivity contribution in [2.75, 3.05) is 24.9 Å². The standard InChI is InChI=1S/C19H18ClNO5S/c1-25-14-7-8-17(18(11-14)26-2)21(13-9-10-27(23,24)12-13)19(22)15-5-3-4-6-16(15)20/h3-11,13H,12H2,1-2H3/t13-/m0/s1. The van der Waals surface area contributed by atoms with Crippen LogP contribution in [-0.2, 0) is 9.84 Å². The number of hydrogen-bond donors (Lipinski definition) is 0. The number of ether oxygens (including phenoxy) is 2. The fourth-order valence-corrected chi connectivity index (χ4v) is 4.39. The molecular weight excluding hydrogens is 390 g/mol. The molecule has 1 atom stereocenters. The minimum absolute atomic E-state index is 0.210. The third-order valence-electron chi connectivity index (χ3n) is 4.21. The predicted molar refractivity (Wildman–Crippen MR) is 105 cm³/mol. The summed E-state index contributed by atoms with van der Waals surface area (Å²) in [6, 6.07) is 10.9. The second-order valence-electron chi connectivity index (χ2n) is 5.92. The Morgan fingerprint density at radius 1 is 1.15 bits per heavy atom. The van der Waals surface area contributed by atoms with Crippen molar-refractivity contribution in [2.45, 2.75) is 6.04 Å². The lowest BCUT2D eigenvalue weighted by atomic mass is 10.1. The van der Waals surface area contributed by atoms with Crippen LogP contribution in [0.3, 0.4) is 0 Å². The summed E-state index contributed by atoms with van der Waals surface area (Å²) in [6.45, 7) is 0. The van der Waals surface area contributed by atoms with Crippen LogP contribution in [0.5, 0.6) is 11.5 Å². The van der Waals surface area contributed by atoms with Gasteiger partial charge in [0.15, 0.2) is 9.84 Å². The summed E-state index contributed by atoms with van der Waals surface area (Å²) in [6.07, 6.45) is 1.49. The maximum atomic E-state index is 13.3. The molecule has 1 amide bonds. The molecule has 0 aromatic heterocycles. The summed E-state index contributed by atoms with van der Waals surface area (Å²) >= 11 is 6.20. The third-order valence-corrected chi connectivity index (χ3v) is 5.92. The first-order valence-corrected chi connectivity index (χ1v) is 10.2. The molecule has 0 bridgehead atoms. The van der Waals surface area contributed by atoms with E-state index in [1.807, 2.05) is 0 Å². The zero-order valence-corrected chi connectivity index (χ0v) is 16.3. The first-order valence-electron chi connectivity index (χ1n) is 8.07. The van der Waals surface area contributed by atoms with Gasteiger partial charge in [-0.2, -0.15) is 0 Å². The highest BCUT2D eigenvalue weighted by Gasteiger charge is 2.34. The smallest absolute Gasteiger partial charge is 0.260 e. The van der Waals surface area contributed by atoms with Gasteiger partial charge in [0, 0.05) is 11.5 Å². The Hall–Kier alpha value is -2.51. The molecule has 8 heteroatoms. The second-order valence-corrected chi connectivity index (χ2v) is 8.26. The zero-order valence-electron chi connectivity index (χ0n) is 14.8. The van der Waals surface area contributed by atoms with E-state index in [1.54, 1.807) is 42.5 Å². The van der Waals surface area contributed by atoms with Crippen molar-refractivity contribution in [3.63, 3.8) is 0 Å². The number of anilines is 1. The topological polar surface area (TPSA) is 72.9 Å². The van der Waals surface area contributed by atoms with Gasteiger partial charge < -0.3 is 9.47 Å². The normalized spacial score (nSPS) is 17.5. The van der Waals surface area contributed by atoms with Crippen LogP contribution in [0.25, 0.3) is 0 Å². The Kier molecular flexibility index (Phi) is 5.43. The van der Waals surface area contributed by atoms with Gasteiger partial charge in [0.25, 0.3) is 5.91 Å². The maximum absolute atomic E-state index is 13.3. The maximum Gasteiger partial charge on any atom is 0.260 e. The van der Waals surface area contributed by atoms with Gasteiger partial charge in [-0.3, -0.25) is 9.69 Å². The molecule has 3 rings (SSSR count). The van der Waals surface area contributed by atoms with Gasteiger partial charge in [-0.05, 0) is 30.3 Å². The van der Waals surface area contributed by atoms with E-state index in [0.29, 0.717) is 17.2 Å². The molecule has 1 heterocycles. The van der Waals surface area contributed by atoms with Crippen LogP contribution in [0.15, 0.2) is 53.9 Å². The molecule has 0 unspecified atom stereocenters. The van der Waals surface area contributed by atoms with E-state index >= 15 is 0 Å². The third kappa shape index (κ3) is 3.94. The van der Waals surface area contributed by atoms with Crippen molar-refractivity contribution in [3.8, 4) is 11.5 Å². The van der Waals surface area contributed by atoms with Gasteiger partial charge in [-0.25, -0.2) is 8.42 Å². The van der Waals surface area contributed by atoms with Crippen LogP contribution in [0.1, 0.15) is 10.4 Å². The van der Waals surface area contributed by atoms with E-state index in [2.05, 4.69) is 0 Å². The number of sulfone groups is 1. The van der Waals surface area contributed by atoms with Crippen molar-refractivity contribution >= 4 is 33.0 Å². The summed E-state index contributed by atoms with van der Waals surface area (Å²) in [5.74, 6) is 0.303. The molecule has 142 valence electrons. The minimum Gasteiger partial charge on any atom is -0.497 e. The molecule has 0 saturated heterocycles. The summed E-state index contributed by atoms with van der Waals surface area (Å²) in [5.41, 5.74) is 0.699. The van der Waals surface area contributed by atoms with Crippen molar-refractivity contribution in [3.05, 3.63) is 64.5 Å². The molecule has 0 N–H and O–H groups in total. The van der Waals surface area contributed by atoms with Gasteiger partial charge in [0.05, 0.1) is 42.3 Å². The molecule has 0 spiro atoms. The van der Waals surface area contributed by atoms with E-state index in [1.165, 1.54) is 25.2 Å². The van der Waals surface area contributed by atoms with Gasteiger partial charge in [0.1, 0.15) is 11.5 Å². The van der Waals surface area contributed by atoms with E-state index in [4.69, 9.17) is 21.1 Å². The highest BCUT2D eigenvalue weighted by molar-refractivity contribution is 7.94. The number of hydrogen-bond acceptors (Lipinski definition) is 5. The highest BCUT2D eigenvalue weighted by atomic mass is 35.5. The lowest BCUT2D eigenvalue weighted by Crippen LogP contribution is -2.41. The van der Waals surface area contributed by atoms with Crippen molar-refractivity contribution in [1.29, 1.82) is 0 Å².